The Hall–Kier alpha value is -1.38. The van der Waals surface area contributed by atoms with E-state index in [1.165, 1.54) is 0 Å². The van der Waals surface area contributed by atoms with Crippen molar-refractivity contribution in [3.8, 4) is 0 Å². The average molecular weight is 387 g/mol. The number of hydrogen-bond acceptors (Lipinski definition) is 4. The zero-order chi connectivity index (χ0) is 18.9. The molecule has 0 unspecified atom stereocenters. The summed E-state index contributed by atoms with van der Waals surface area (Å²) in [5.41, 5.74) is 0.391. The summed E-state index contributed by atoms with van der Waals surface area (Å²) in [4.78, 5) is 15.0. The second-order valence-corrected chi connectivity index (χ2v) is 7.67. The van der Waals surface area contributed by atoms with Gasteiger partial charge in [-0.3, -0.25) is 4.90 Å². The van der Waals surface area contributed by atoms with E-state index in [-0.39, 0.29) is 12.1 Å². The minimum atomic E-state index is -2.53. The molecule has 1 aliphatic rings. The molecule has 0 radical (unpaired) electrons. The molecular weight excluding hydrogens is 360 g/mol. The molecule has 26 heavy (non-hydrogen) atoms. The van der Waals surface area contributed by atoms with Crippen LogP contribution in [0.1, 0.15) is 20.3 Å². The smallest absolute Gasteiger partial charge is 0.319 e. The van der Waals surface area contributed by atoms with Gasteiger partial charge in [0.25, 0.3) is 5.76 Å². The van der Waals surface area contributed by atoms with Crippen molar-refractivity contribution < 1.29 is 18.3 Å². The van der Waals surface area contributed by atoms with E-state index in [9.17, 15) is 13.6 Å². The van der Waals surface area contributed by atoms with E-state index >= 15 is 0 Å². The number of carbonyl (C=O) groups excluding carboxylic acids is 1. The van der Waals surface area contributed by atoms with Crippen LogP contribution in [0.15, 0.2) is 29.2 Å². The summed E-state index contributed by atoms with van der Waals surface area (Å²) in [6, 6.07) is 6.43. The van der Waals surface area contributed by atoms with Crippen molar-refractivity contribution >= 4 is 23.5 Å². The summed E-state index contributed by atoms with van der Waals surface area (Å²) >= 11 is 0.425. The third kappa shape index (κ3) is 7.09. The van der Waals surface area contributed by atoms with Crippen molar-refractivity contribution in [2.45, 2.75) is 37.0 Å². The van der Waals surface area contributed by atoms with Gasteiger partial charge < -0.3 is 15.4 Å². The molecule has 0 aromatic heterocycles. The Kier molecular flexibility index (Phi) is 8.61. The van der Waals surface area contributed by atoms with Crippen LogP contribution in [0.25, 0.3) is 0 Å². The van der Waals surface area contributed by atoms with Gasteiger partial charge in [-0.2, -0.15) is 8.78 Å². The third-order valence-corrected chi connectivity index (χ3v) is 4.94. The van der Waals surface area contributed by atoms with Gasteiger partial charge >= 0.3 is 6.03 Å². The molecule has 1 saturated heterocycles. The van der Waals surface area contributed by atoms with E-state index in [4.69, 9.17) is 4.74 Å². The fraction of sp³-hybridized carbons (Fsp3) is 0.611. The van der Waals surface area contributed by atoms with Crippen LogP contribution in [-0.2, 0) is 4.74 Å². The van der Waals surface area contributed by atoms with Crippen molar-refractivity contribution in [2.75, 3.05) is 38.2 Å². The van der Waals surface area contributed by atoms with E-state index in [1.54, 1.807) is 24.3 Å². The number of amides is 2. The minimum Gasteiger partial charge on any atom is -0.379 e. The summed E-state index contributed by atoms with van der Waals surface area (Å²) in [5, 5.41) is 5.57. The van der Waals surface area contributed by atoms with Crippen molar-refractivity contribution in [1.29, 1.82) is 0 Å². The molecule has 0 aliphatic carbocycles. The normalized spacial score (nSPS) is 16.7. The molecule has 0 bridgehead atoms. The Morgan fingerprint density at radius 2 is 1.96 bits per heavy atom. The lowest BCUT2D eigenvalue weighted by atomic mass is 10.0. The number of para-hydroxylation sites is 1. The Morgan fingerprint density at radius 3 is 2.62 bits per heavy atom. The van der Waals surface area contributed by atoms with Gasteiger partial charge in [0, 0.05) is 30.6 Å². The summed E-state index contributed by atoms with van der Waals surface area (Å²) in [5.74, 6) is -2.02. The topological polar surface area (TPSA) is 53.6 Å². The number of hydrogen-bond donors (Lipinski definition) is 2. The Bertz CT molecular complexity index is 569. The highest BCUT2D eigenvalue weighted by molar-refractivity contribution is 7.99. The first kappa shape index (κ1) is 20.9. The number of anilines is 1. The van der Waals surface area contributed by atoms with Gasteiger partial charge in [0.2, 0.25) is 0 Å². The summed E-state index contributed by atoms with van der Waals surface area (Å²) in [6.45, 7) is 7.95. The maximum atomic E-state index is 12.6. The highest BCUT2D eigenvalue weighted by Crippen LogP contribution is 2.31. The molecule has 1 aromatic rings. The molecule has 1 aliphatic heterocycles. The van der Waals surface area contributed by atoms with Crippen LogP contribution in [0.4, 0.5) is 19.3 Å². The minimum absolute atomic E-state index is 0.232. The zero-order valence-corrected chi connectivity index (χ0v) is 16.0. The Balaban J connectivity index is 1.91. The van der Waals surface area contributed by atoms with Crippen LogP contribution in [0, 0.1) is 5.92 Å². The van der Waals surface area contributed by atoms with Crippen molar-refractivity contribution in [3.63, 3.8) is 0 Å². The number of nitrogens with one attached hydrogen (secondary N) is 2. The molecule has 0 spiro atoms. The van der Waals surface area contributed by atoms with Crippen LogP contribution in [-0.4, -0.2) is 55.6 Å². The lowest BCUT2D eigenvalue weighted by molar-refractivity contribution is 0.0130. The van der Waals surface area contributed by atoms with Gasteiger partial charge in [-0.1, -0.05) is 37.7 Å². The first-order valence-electron chi connectivity index (χ1n) is 8.86. The monoisotopic (exact) mass is 387 g/mol. The molecule has 1 heterocycles. The number of urea groups is 1. The largest absolute Gasteiger partial charge is 0.379 e. The van der Waals surface area contributed by atoms with E-state index < -0.39 is 5.76 Å². The number of carbonyl (C=O) groups is 1. The Morgan fingerprint density at radius 1 is 1.27 bits per heavy atom. The van der Waals surface area contributed by atoms with Gasteiger partial charge in [0.1, 0.15) is 0 Å². The number of morpholine rings is 1. The van der Waals surface area contributed by atoms with E-state index in [1.807, 2.05) is 0 Å². The van der Waals surface area contributed by atoms with Crippen molar-refractivity contribution in [2.24, 2.45) is 5.92 Å². The maximum Gasteiger partial charge on any atom is 0.319 e. The first-order chi connectivity index (χ1) is 12.5. The summed E-state index contributed by atoms with van der Waals surface area (Å²) < 4.78 is 30.7. The van der Waals surface area contributed by atoms with Crippen LogP contribution < -0.4 is 10.6 Å². The van der Waals surface area contributed by atoms with E-state index in [0.29, 0.717) is 48.0 Å². The predicted octanol–water partition coefficient (Wildman–Crippen LogP) is 3.87. The molecule has 1 aromatic carbocycles. The van der Waals surface area contributed by atoms with E-state index in [2.05, 4.69) is 29.4 Å². The average Bonchev–Trinajstić information content (AvgIpc) is 2.60. The van der Waals surface area contributed by atoms with Gasteiger partial charge in [-0.25, -0.2) is 4.79 Å². The molecule has 2 rings (SSSR count). The van der Waals surface area contributed by atoms with Crippen LogP contribution in [0.5, 0.6) is 0 Å². The van der Waals surface area contributed by atoms with Crippen LogP contribution in [0.3, 0.4) is 0 Å². The second kappa shape index (κ2) is 10.7. The maximum absolute atomic E-state index is 12.6. The molecular formula is C18H27F2N3O2S. The highest BCUT2D eigenvalue weighted by Gasteiger charge is 2.22. The first-order valence-corrected chi connectivity index (χ1v) is 9.74. The summed E-state index contributed by atoms with van der Waals surface area (Å²) in [6.07, 6.45) is 0.970. The fourth-order valence-electron chi connectivity index (χ4n) is 2.99. The molecule has 146 valence electrons. The number of alkyl halides is 2. The van der Waals surface area contributed by atoms with Gasteiger partial charge in [-0.05, 0) is 24.5 Å². The number of rotatable bonds is 8. The van der Waals surface area contributed by atoms with E-state index in [0.717, 1.165) is 19.5 Å². The number of halogens is 2. The highest BCUT2D eigenvalue weighted by atomic mass is 32.2. The van der Waals surface area contributed by atoms with Crippen LogP contribution in [0.2, 0.25) is 0 Å². The molecule has 8 heteroatoms. The molecule has 1 fully saturated rings. The van der Waals surface area contributed by atoms with Gasteiger partial charge in [0.05, 0.1) is 18.9 Å². The molecule has 2 amide bonds. The number of nitrogens with zero attached hydrogens (tertiary/aromatic N) is 1. The molecule has 2 N–H and O–H groups in total. The summed E-state index contributed by atoms with van der Waals surface area (Å²) in [7, 11) is 0. The predicted molar refractivity (Wildman–Crippen MR) is 101 cm³/mol. The molecule has 1 atom stereocenters. The lowest BCUT2D eigenvalue weighted by Crippen LogP contribution is -2.49. The number of thioether (sulfide) groups is 1. The van der Waals surface area contributed by atoms with Gasteiger partial charge in [0.15, 0.2) is 0 Å². The Labute approximate surface area is 157 Å². The standard InChI is InChI=1S/C18H27F2N3O2S/c1-13(2)11-14(23-7-9-25-10-8-23)12-21-18(24)22-15-5-3-4-6-16(15)26-17(19)20/h3-6,13-14,17H,7-12H2,1-2H3,(H2,21,22,24)/t14-/m0/s1. The zero-order valence-electron chi connectivity index (χ0n) is 15.2. The SMILES string of the molecule is CC(C)C[C@@H](CNC(=O)Nc1ccccc1SC(F)F)N1CCOCC1. The van der Waals surface area contributed by atoms with Crippen molar-refractivity contribution in [1.82, 2.24) is 10.2 Å². The number of benzene rings is 1. The van der Waals surface area contributed by atoms with Crippen molar-refractivity contribution in [3.05, 3.63) is 24.3 Å². The lowest BCUT2D eigenvalue weighted by Gasteiger charge is -2.35. The fourth-order valence-corrected chi connectivity index (χ4v) is 3.59. The second-order valence-electron chi connectivity index (χ2n) is 6.64. The quantitative estimate of drug-likeness (QED) is 0.665. The van der Waals surface area contributed by atoms with Gasteiger partial charge in [-0.15, -0.1) is 0 Å². The number of ether oxygens (including phenoxy) is 1. The third-order valence-electron chi connectivity index (χ3n) is 4.16. The molecule has 5 nitrogen and oxygen atoms in total. The molecule has 0 saturated carbocycles. The van der Waals surface area contributed by atoms with Crippen LogP contribution >= 0.6 is 11.8 Å².